The number of nitrogens with one attached hydrogen (secondary N) is 2. The number of H-pyrrole nitrogens is 1. The number of benzene rings is 2. The highest BCUT2D eigenvalue weighted by Gasteiger charge is 2.07. The van der Waals surface area contributed by atoms with Gasteiger partial charge < -0.3 is 10.3 Å². The largest absolute Gasteiger partial charge is 0.326 e. The smallest absolute Gasteiger partial charge is 0.258 e. The minimum Gasteiger partial charge on any atom is -0.326 e. The quantitative estimate of drug-likeness (QED) is 0.775. The highest BCUT2D eigenvalue weighted by molar-refractivity contribution is 5.91. The van der Waals surface area contributed by atoms with E-state index >= 15 is 0 Å². The molecule has 0 aliphatic carbocycles. The molecule has 0 radical (unpaired) electrons. The molecule has 1 amide bonds. The van der Waals surface area contributed by atoms with Crippen LogP contribution in [0.25, 0.3) is 10.9 Å². The van der Waals surface area contributed by atoms with Gasteiger partial charge in [-0.1, -0.05) is 18.2 Å². The monoisotopic (exact) mass is 321 g/mol. The minimum absolute atomic E-state index is 0.103. The van der Waals surface area contributed by atoms with E-state index in [2.05, 4.69) is 15.3 Å². The summed E-state index contributed by atoms with van der Waals surface area (Å²) in [6.07, 6.45) is 0.644. The van der Waals surface area contributed by atoms with E-state index in [1.807, 2.05) is 38.1 Å². The van der Waals surface area contributed by atoms with Gasteiger partial charge in [0.25, 0.3) is 5.56 Å². The number of fused-ring (bicyclic) bond motifs is 1. The van der Waals surface area contributed by atoms with E-state index in [1.54, 1.807) is 18.2 Å². The number of carbonyl (C=O) groups is 1. The van der Waals surface area contributed by atoms with Crippen LogP contribution in [0.3, 0.4) is 0 Å². The molecule has 5 heteroatoms. The third-order valence-corrected chi connectivity index (χ3v) is 4.04. The first-order valence-corrected chi connectivity index (χ1v) is 7.88. The van der Waals surface area contributed by atoms with Crippen LogP contribution in [0.15, 0.2) is 47.3 Å². The van der Waals surface area contributed by atoms with Crippen molar-refractivity contribution in [1.29, 1.82) is 0 Å². The first kappa shape index (κ1) is 15.9. The van der Waals surface area contributed by atoms with Gasteiger partial charge in [0.2, 0.25) is 5.91 Å². The van der Waals surface area contributed by atoms with E-state index in [1.165, 1.54) is 5.56 Å². The molecule has 0 fully saturated rings. The number of aromatic nitrogens is 2. The molecule has 0 spiro atoms. The van der Waals surface area contributed by atoms with Crippen LogP contribution in [-0.2, 0) is 11.2 Å². The van der Waals surface area contributed by atoms with Crippen molar-refractivity contribution in [1.82, 2.24) is 9.97 Å². The van der Waals surface area contributed by atoms with Gasteiger partial charge in [0, 0.05) is 18.5 Å². The number of nitrogens with zero attached hydrogens (tertiary/aromatic N) is 1. The molecule has 0 aliphatic rings. The second-order valence-corrected chi connectivity index (χ2v) is 5.88. The van der Waals surface area contributed by atoms with Crippen LogP contribution in [0.2, 0.25) is 0 Å². The Morgan fingerprint density at radius 1 is 1.12 bits per heavy atom. The Balaban J connectivity index is 1.68. The molecule has 122 valence electrons. The number of carbonyl (C=O) groups excluding carboxylic acids is 1. The maximum absolute atomic E-state index is 12.1. The summed E-state index contributed by atoms with van der Waals surface area (Å²) < 4.78 is 0. The summed E-state index contributed by atoms with van der Waals surface area (Å²) in [5, 5.41) is 3.43. The van der Waals surface area contributed by atoms with E-state index < -0.39 is 0 Å². The first-order chi connectivity index (χ1) is 11.5. The molecule has 0 saturated heterocycles. The molecule has 2 aromatic carbocycles. The summed E-state index contributed by atoms with van der Waals surface area (Å²) in [5.41, 5.74) is 3.57. The molecule has 0 aliphatic heterocycles. The van der Waals surface area contributed by atoms with Gasteiger partial charge in [0.1, 0.15) is 5.82 Å². The summed E-state index contributed by atoms with van der Waals surface area (Å²) in [4.78, 5) is 31.3. The van der Waals surface area contributed by atoms with Gasteiger partial charge in [0.05, 0.1) is 10.9 Å². The third-order valence-electron chi connectivity index (χ3n) is 4.04. The average Bonchev–Trinajstić information content (AvgIpc) is 2.56. The number of rotatable bonds is 4. The lowest BCUT2D eigenvalue weighted by Crippen LogP contribution is -2.16. The lowest BCUT2D eigenvalue weighted by molar-refractivity contribution is -0.116. The molecule has 5 nitrogen and oxygen atoms in total. The minimum atomic E-state index is -0.176. The number of anilines is 1. The van der Waals surface area contributed by atoms with Gasteiger partial charge in [-0.3, -0.25) is 9.59 Å². The van der Waals surface area contributed by atoms with E-state index in [0.717, 1.165) is 11.3 Å². The maximum Gasteiger partial charge on any atom is 0.258 e. The molecule has 1 aromatic heterocycles. The van der Waals surface area contributed by atoms with Crippen LogP contribution in [0, 0.1) is 13.8 Å². The second kappa shape index (κ2) is 6.66. The predicted molar refractivity (Wildman–Crippen MR) is 95.2 cm³/mol. The molecule has 2 N–H and O–H groups in total. The molecule has 3 rings (SSSR count). The van der Waals surface area contributed by atoms with Crippen LogP contribution in [0.5, 0.6) is 0 Å². The van der Waals surface area contributed by atoms with E-state index in [-0.39, 0.29) is 17.9 Å². The highest BCUT2D eigenvalue weighted by Crippen LogP contribution is 2.14. The fourth-order valence-corrected chi connectivity index (χ4v) is 2.53. The molecular formula is C19H19N3O2. The zero-order chi connectivity index (χ0) is 17.1. The molecule has 1 heterocycles. The van der Waals surface area contributed by atoms with Crippen LogP contribution in [-0.4, -0.2) is 15.9 Å². The van der Waals surface area contributed by atoms with Gasteiger partial charge in [0.15, 0.2) is 0 Å². The molecular weight excluding hydrogens is 302 g/mol. The van der Waals surface area contributed by atoms with Gasteiger partial charge >= 0.3 is 0 Å². The van der Waals surface area contributed by atoms with Crippen molar-refractivity contribution < 1.29 is 4.79 Å². The fourth-order valence-electron chi connectivity index (χ4n) is 2.53. The Morgan fingerprint density at radius 2 is 1.92 bits per heavy atom. The van der Waals surface area contributed by atoms with Gasteiger partial charge in [-0.15, -0.1) is 0 Å². The Morgan fingerprint density at radius 3 is 2.71 bits per heavy atom. The molecule has 0 atom stereocenters. The molecule has 3 aromatic rings. The number of amides is 1. The van der Waals surface area contributed by atoms with Crippen molar-refractivity contribution in [2.45, 2.75) is 26.7 Å². The van der Waals surface area contributed by atoms with Crippen molar-refractivity contribution in [3.05, 3.63) is 69.8 Å². The van der Waals surface area contributed by atoms with Gasteiger partial charge in [-0.2, -0.15) is 0 Å². The zero-order valence-electron chi connectivity index (χ0n) is 13.7. The molecule has 0 unspecified atom stereocenters. The van der Waals surface area contributed by atoms with E-state index in [4.69, 9.17) is 0 Å². The van der Waals surface area contributed by atoms with Crippen LogP contribution in [0.1, 0.15) is 23.4 Å². The summed E-state index contributed by atoms with van der Waals surface area (Å²) in [6, 6.07) is 13.0. The lowest BCUT2D eigenvalue weighted by Gasteiger charge is -2.08. The normalized spacial score (nSPS) is 10.8. The molecule has 0 saturated carbocycles. The number of para-hydroxylation sites is 1. The van der Waals surface area contributed by atoms with Crippen molar-refractivity contribution >= 4 is 22.5 Å². The van der Waals surface area contributed by atoms with Crippen LogP contribution >= 0.6 is 0 Å². The van der Waals surface area contributed by atoms with Crippen molar-refractivity contribution in [2.24, 2.45) is 0 Å². The highest BCUT2D eigenvalue weighted by atomic mass is 16.1. The Hall–Kier alpha value is -2.95. The van der Waals surface area contributed by atoms with E-state index in [9.17, 15) is 9.59 Å². The summed E-state index contributed by atoms with van der Waals surface area (Å²) in [7, 11) is 0. The third kappa shape index (κ3) is 3.51. The number of aryl methyl sites for hydroxylation is 3. The summed E-state index contributed by atoms with van der Waals surface area (Å²) >= 11 is 0. The predicted octanol–water partition coefficient (Wildman–Crippen LogP) is 3.11. The maximum atomic E-state index is 12.1. The van der Waals surface area contributed by atoms with Crippen LogP contribution < -0.4 is 10.9 Å². The second-order valence-electron chi connectivity index (χ2n) is 5.88. The molecule has 0 bridgehead atoms. The summed E-state index contributed by atoms with van der Waals surface area (Å²) in [6.45, 7) is 4.04. The van der Waals surface area contributed by atoms with Crippen molar-refractivity contribution in [2.75, 3.05) is 5.32 Å². The number of aromatic amines is 1. The first-order valence-electron chi connectivity index (χ1n) is 7.88. The average molecular weight is 321 g/mol. The summed E-state index contributed by atoms with van der Waals surface area (Å²) in [5.74, 6) is 0.419. The van der Waals surface area contributed by atoms with Crippen molar-refractivity contribution in [3.8, 4) is 0 Å². The zero-order valence-corrected chi connectivity index (χ0v) is 13.7. The lowest BCUT2D eigenvalue weighted by atomic mass is 10.1. The Labute approximate surface area is 139 Å². The van der Waals surface area contributed by atoms with Crippen molar-refractivity contribution in [3.63, 3.8) is 0 Å². The van der Waals surface area contributed by atoms with Crippen LogP contribution in [0.4, 0.5) is 5.69 Å². The van der Waals surface area contributed by atoms with Gasteiger partial charge in [-0.25, -0.2) is 4.98 Å². The number of hydrogen-bond donors (Lipinski definition) is 2. The molecule has 24 heavy (non-hydrogen) atoms. The fraction of sp³-hybridized carbons (Fsp3) is 0.211. The standard InChI is InChI=1S/C19H19N3O2/c1-12-7-8-14(11-13(12)2)20-18(23)10-9-17-21-16-6-4-3-5-15(16)19(24)22-17/h3-8,11H,9-10H2,1-2H3,(H,20,23)(H,21,22,24). The Bertz CT molecular complexity index is 960. The number of hydrogen-bond acceptors (Lipinski definition) is 3. The van der Waals surface area contributed by atoms with Gasteiger partial charge in [-0.05, 0) is 49.2 Å². The topological polar surface area (TPSA) is 74.8 Å². The Kier molecular flexibility index (Phi) is 4.42. The van der Waals surface area contributed by atoms with E-state index in [0.29, 0.717) is 23.1 Å². The SMILES string of the molecule is Cc1ccc(NC(=O)CCc2nc3ccccc3c(=O)[nH]2)cc1C.